The topological polar surface area (TPSA) is 49.7 Å². The Kier molecular flexibility index (Phi) is 4.54. The molecule has 0 unspecified atom stereocenters. The molecule has 1 N–H and O–H groups in total. The number of carbonyl (C=O) groups is 1. The van der Waals surface area contributed by atoms with E-state index in [4.69, 9.17) is 5.11 Å². The Balaban J connectivity index is 3.27. The van der Waals surface area contributed by atoms with Crippen LogP contribution in [0.3, 0.4) is 0 Å². The number of nitrogens with zero attached hydrogens (tertiary/aromatic N) is 1. The molecule has 0 amide bonds. The minimum absolute atomic E-state index is 0.128. The van der Waals surface area contributed by atoms with Gasteiger partial charge in [-0.3, -0.25) is 9.79 Å². The first-order chi connectivity index (χ1) is 4.63. The summed E-state index contributed by atoms with van der Waals surface area (Å²) in [5.41, 5.74) is 0. The highest BCUT2D eigenvalue weighted by Gasteiger charge is 1.92. The summed E-state index contributed by atoms with van der Waals surface area (Å²) in [5.74, 6) is -0.380. The molecule has 0 bridgehead atoms. The fourth-order valence-electron chi connectivity index (χ4n) is 0.446. The van der Waals surface area contributed by atoms with E-state index in [2.05, 4.69) is 4.99 Å². The fourth-order valence-corrected chi connectivity index (χ4v) is 0.446. The zero-order valence-electron chi connectivity index (χ0n) is 6.37. The highest BCUT2D eigenvalue weighted by atomic mass is 16.4. The third kappa shape index (κ3) is 7.14. The van der Waals surface area contributed by atoms with Crippen molar-refractivity contribution in [2.24, 2.45) is 10.9 Å². The van der Waals surface area contributed by atoms with Crippen LogP contribution in [0, 0.1) is 5.92 Å². The van der Waals surface area contributed by atoms with Crippen LogP contribution in [-0.4, -0.2) is 23.8 Å². The molecule has 3 nitrogen and oxygen atoms in total. The lowest BCUT2D eigenvalue weighted by Gasteiger charge is -1.91. The molecule has 0 radical (unpaired) electrons. The van der Waals surface area contributed by atoms with Gasteiger partial charge in [0.05, 0.1) is 6.42 Å². The SMILES string of the molecule is CC(C)C=NCCC(=O)O. The zero-order chi connectivity index (χ0) is 7.98. The molecule has 0 spiro atoms. The van der Waals surface area contributed by atoms with Gasteiger partial charge >= 0.3 is 5.97 Å². The number of carboxylic acids is 1. The van der Waals surface area contributed by atoms with Crippen molar-refractivity contribution in [1.29, 1.82) is 0 Å². The Hall–Kier alpha value is -0.860. The van der Waals surface area contributed by atoms with Crippen LogP contribution < -0.4 is 0 Å². The van der Waals surface area contributed by atoms with Crippen LogP contribution in [0.2, 0.25) is 0 Å². The molecular formula is C7H13NO2. The van der Waals surface area contributed by atoms with Crippen molar-refractivity contribution in [1.82, 2.24) is 0 Å². The summed E-state index contributed by atoms with van der Waals surface area (Å²) in [6.07, 6.45) is 1.90. The summed E-state index contributed by atoms with van der Waals surface area (Å²) < 4.78 is 0. The summed E-state index contributed by atoms with van der Waals surface area (Å²) >= 11 is 0. The van der Waals surface area contributed by atoms with Gasteiger partial charge in [0.25, 0.3) is 0 Å². The summed E-state index contributed by atoms with van der Waals surface area (Å²) in [5, 5.41) is 8.20. The highest BCUT2D eigenvalue weighted by molar-refractivity contribution is 5.67. The van der Waals surface area contributed by atoms with Crippen molar-refractivity contribution in [3.8, 4) is 0 Å². The van der Waals surface area contributed by atoms with Gasteiger partial charge in [-0.1, -0.05) is 13.8 Å². The lowest BCUT2D eigenvalue weighted by molar-refractivity contribution is -0.136. The number of carboxylic acid groups (broad SMARTS) is 1. The second kappa shape index (κ2) is 4.97. The predicted octanol–water partition coefficient (Wildman–Crippen LogP) is 1.19. The summed E-state index contributed by atoms with van der Waals surface area (Å²) in [6, 6.07) is 0. The van der Waals surface area contributed by atoms with E-state index < -0.39 is 5.97 Å². The standard InChI is InChI=1S/C7H13NO2/c1-6(2)5-8-4-3-7(9)10/h5-6H,3-4H2,1-2H3,(H,9,10). The van der Waals surface area contributed by atoms with E-state index >= 15 is 0 Å². The molecule has 0 aromatic rings. The molecule has 0 saturated heterocycles. The van der Waals surface area contributed by atoms with Gasteiger partial charge in [0.2, 0.25) is 0 Å². The molecule has 0 atom stereocenters. The van der Waals surface area contributed by atoms with Gasteiger partial charge < -0.3 is 5.11 Å². The fraction of sp³-hybridized carbons (Fsp3) is 0.714. The van der Waals surface area contributed by atoms with Gasteiger partial charge in [-0.2, -0.15) is 0 Å². The number of rotatable bonds is 4. The normalized spacial score (nSPS) is 11.1. The quantitative estimate of drug-likeness (QED) is 0.601. The van der Waals surface area contributed by atoms with Crippen LogP contribution in [0.25, 0.3) is 0 Å². The van der Waals surface area contributed by atoms with Crippen LogP contribution in [0.15, 0.2) is 4.99 Å². The van der Waals surface area contributed by atoms with E-state index in [1.54, 1.807) is 6.21 Å². The first-order valence-electron chi connectivity index (χ1n) is 3.34. The maximum atomic E-state index is 9.97. The van der Waals surface area contributed by atoms with E-state index in [0.29, 0.717) is 12.5 Å². The molecule has 0 aliphatic rings. The summed E-state index contributed by atoms with van der Waals surface area (Å²) in [6.45, 7) is 4.40. The Morgan fingerprint density at radius 2 is 2.30 bits per heavy atom. The molecule has 0 heterocycles. The lowest BCUT2D eigenvalue weighted by atomic mass is 10.2. The molecule has 0 aliphatic carbocycles. The van der Waals surface area contributed by atoms with Crippen molar-refractivity contribution < 1.29 is 9.90 Å². The molecule has 10 heavy (non-hydrogen) atoms. The zero-order valence-corrected chi connectivity index (χ0v) is 6.37. The van der Waals surface area contributed by atoms with E-state index in [9.17, 15) is 4.79 Å². The minimum Gasteiger partial charge on any atom is -0.481 e. The Morgan fingerprint density at radius 1 is 1.70 bits per heavy atom. The average molecular weight is 143 g/mol. The van der Waals surface area contributed by atoms with E-state index in [1.807, 2.05) is 13.8 Å². The van der Waals surface area contributed by atoms with Gasteiger partial charge in [-0.25, -0.2) is 0 Å². The first kappa shape index (κ1) is 9.14. The van der Waals surface area contributed by atoms with Crippen molar-refractivity contribution in [2.75, 3.05) is 6.54 Å². The molecular weight excluding hydrogens is 130 g/mol. The van der Waals surface area contributed by atoms with Crippen molar-refractivity contribution in [3.63, 3.8) is 0 Å². The van der Waals surface area contributed by atoms with Gasteiger partial charge in [-0.15, -0.1) is 0 Å². The molecule has 0 aromatic carbocycles. The van der Waals surface area contributed by atoms with Gasteiger partial charge in [0.1, 0.15) is 0 Å². The molecule has 3 heteroatoms. The molecule has 0 aromatic heterocycles. The molecule has 0 fully saturated rings. The molecule has 0 rings (SSSR count). The van der Waals surface area contributed by atoms with Crippen LogP contribution in [-0.2, 0) is 4.79 Å². The maximum Gasteiger partial charge on any atom is 0.305 e. The van der Waals surface area contributed by atoms with Crippen molar-refractivity contribution in [3.05, 3.63) is 0 Å². The minimum atomic E-state index is -0.791. The van der Waals surface area contributed by atoms with Crippen molar-refractivity contribution >= 4 is 12.2 Å². The number of hydrogen-bond acceptors (Lipinski definition) is 2. The summed E-state index contributed by atoms with van der Waals surface area (Å²) in [7, 11) is 0. The Bertz CT molecular complexity index is 130. The molecule has 0 aliphatic heterocycles. The van der Waals surface area contributed by atoms with Crippen LogP contribution in [0.5, 0.6) is 0 Å². The number of hydrogen-bond donors (Lipinski definition) is 1. The van der Waals surface area contributed by atoms with Crippen molar-refractivity contribution in [2.45, 2.75) is 20.3 Å². The van der Waals surface area contributed by atoms with Gasteiger partial charge in [0.15, 0.2) is 0 Å². The monoisotopic (exact) mass is 143 g/mol. The average Bonchev–Trinajstić information content (AvgIpc) is 1.79. The first-order valence-corrected chi connectivity index (χ1v) is 3.34. The Labute approximate surface area is 60.8 Å². The number of aliphatic carboxylic acids is 1. The largest absolute Gasteiger partial charge is 0.481 e. The second-order valence-electron chi connectivity index (χ2n) is 2.44. The van der Waals surface area contributed by atoms with E-state index in [1.165, 1.54) is 0 Å². The molecule has 58 valence electrons. The maximum absolute atomic E-state index is 9.97. The number of aliphatic imine (C=N–C) groups is 1. The third-order valence-electron chi connectivity index (χ3n) is 0.858. The highest BCUT2D eigenvalue weighted by Crippen LogP contribution is 1.86. The van der Waals surface area contributed by atoms with E-state index in [0.717, 1.165) is 0 Å². The van der Waals surface area contributed by atoms with Gasteiger partial charge in [-0.05, 0) is 5.92 Å². The van der Waals surface area contributed by atoms with E-state index in [-0.39, 0.29) is 6.42 Å². The predicted molar refractivity (Wildman–Crippen MR) is 40.4 cm³/mol. The smallest absolute Gasteiger partial charge is 0.305 e. The van der Waals surface area contributed by atoms with Gasteiger partial charge in [0, 0.05) is 12.8 Å². The van der Waals surface area contributed by atoms with Crippen LogP contribution >= 0.6 is 0 Å². The second-order valence-corrected chi connectivity index (χ2v) is 2.44. The third-order valence-corrected chi connectivity index (χ3v) is 0.858. The summed E-state index contributed by atoms with van der Waals surface area (Å²) in [4.78, 5) is 13.9. The molecule has 0 saturated carbocycles. The van der Waals surface area contributed by atoms with Crippen LogP contribution in [0.4, 0.5) is 0 Å². The van der Waals surface area contributed by atoms with Crippen LogP contribution in [0.1, 0.15) is 20.3 Å². The lowest BCUT2D eigenvalue weighted by Crippen LogP contribution is -1.97. The Morgan fingerprint density at radius 3 is 2.70 bits per heavy atom.